The van der Waals surface area contributed by atoms with Gasteiger partial charge < -0.3 is 10.1 Å². The molecular formula is C15H26N2O3S. The van der Waals surface area contributed by atoms with E-state index in [1.54, 1.807) is 19.2 Å². The van der Waals surface area contributed by atoms with Gasteiger partial charge in [0.05, 0.1) is 7.11 Å². The van der Waals surface area contributed by atoms with Crippen LogP contribution in [0.4, 0.5) is 0 Å². The lowest BCUT2D eigenvalue weighted by Crippen LogP contribution is -2.33. The Hall–Kier alpha value is -1.11. The molecule has 0 aliphatic rings. The van der Waals surface area contributed by atoms with Crippen LogP contribution in [0.5, 0.6) is 5.75 Å². The van der Waals surface area contributed by atoms with Crippen molar-refractivity contribution in [3.05, 3.63) is 23.8 Å². The molecule has 0 aromatic heterocycles. The summed E-state index contributed by atoms with van der Waals surface area (Å²) < 4.78 is 31.7. The Morgan fingerprint density at radius 3 is 2.52 bits per heavy atom. The molecule has 0 saturated carbocycles. The molecule has 0 bridgehead atoms. The third kappa shape index (κ3) is 4.43. The van der Waals surface area contributed by atoms with Gasteiger partial charge in [0.1, 0.15) is 10.6 Å². The summed E-state index contributed by atoms with van der Waals surface area (Å²) in [5, 5.41) is 3.29. The minimum atomic E-state index is -3.53. The molecule has 0 unspecified atom stereocenters. The van der Waals surface area contributed by atoms with E-state index in [1.165, 1.54) is 11.4 Å². The summed E-state index contributed by atoms with van der Waals surface area (Å²) >= 11 is 0. The second-order valence-electron chi connectivity index (χ2n) is 5.28. The Morgan fingerprint density at radius 2 is 2.00 bits per heavy atom. The molecule has 1 rings (SSSR count). The van der Waals surface area contributed by atoms with Crippen molar-refractivity contribution < 1.29 is 13.2 Å². The lowest BCUT2D eigenvalue weighted by molar-refractivity contribution is 0.387. The van der Waals surface area contributed by atoms with Gasteiger partial charge in [0.2, 0.25) is 10.0 Å². The molecule has 0 saturated heterocycles. The molecule has 0 fully saturated rings. The Labute approximate surface area is 128 Å². The number of nitrogens with zero attached hydrogens (tertiary/aromatic N) is 1. The van der Waals surface area contributed by atoms with E-state index in [0.29, 0.717) is 12.3 Å². The van der Waals surface area contributed by atoms with E-state index < -0.39 is 10.0 Å². The smallest absolute Gasteiger partial charge is 0.246 e. The molecule has 0 radical (unpaired) electrons. The van der Waals surface area contributed by atoms with Gasteiger partial charge in [0.15, 0.2) is 0 Å². The normalized spacial score (nSPS) is 12.1. The second-order valence-corrected chi connectivity index (χ2v) is 7.24. The van der Waals surface area contributed by atoms with Gasteiger partial charge in [0, 0.05) is 19.6 Å². The van der Waals surface area contributed by atoms with Gasteiger partial charge in [-0.1, -0.05) is 13.0 Å². The molecule has 0 amide bonds. The minimum Gasteiger partial charge on any atom is -0.495 e. The van der Waals surface area contributed by atoms with Crippen molar-refractivity contribution in [1.29, 1.82) is 0 Å². The van der Waals surface area contributed by atoms with E-state index in [2.05, 4.69) is 12.2 Å². The van der Waals surface area contributed by atoms with Crippen molar-refractivity contribution >= 4 is 10.0 Å². The van der Waals surface area contributed by atoms with Crippen molar-refractivity contribution in [3.63, 3.8) is 0 Å². The summed E-state index contributed by atoms with van der Waals surface area (Å²) in [5.74, 6) is 0.387. The van der Waals surface area contributed by atoms with Crippen LogP contribution in [0.15, 0.2) is 23.1 Å². The first-order valence-corrected chi connectivity index (χ1v) is 8.64. The van der Waals surface area contributed by atoms with Crippen LogP contribution in [0, 0.1) is 0 Å². The summed E-state index contributed by atoms with van der Waals surface area (Å²) in [6, 6.07) is 5.12. The lowest BCUT2D eigenvalue weighted by atomic mass is 10.2. The minimum absolute atomic E-state index is 0.106. The van der Waals surface area contributed by atoms with Gasteiger partial charge in [-0.2, -0.15) is 4.31 Å². The molecule has 1 N–H and O–H groups in total. The highest BCUT2D eigenvalue weighted by atomic mass is 32.2. The SMILES string of the molecule is CCCNCc1ccc(S(=O)(=O)N(C)C(C)C)c(OC)c1. The molecule has 120 valence electrons. The zero-order valence-corrected chi connectivity index (χ0v) is 14.3. The number of ether oxygens (including phenoxy) is 1. The maximum absolute atomic E-state index is 12.6. The summed E-state index contributed by atoms with van der Waals surface area (Å²) in [7, 11) is -0.462. The van der Waals surface area contributed by atoms with Crippen LogP contribution in [0.2, 0.25) is 0 Å². The van der Waals surface area contributed by atoms with E-state index in [-0.39, 0.29) is 10.9 Å². The average Bonchev–Trinajstić information content (AvgIpc) is 2.46. The highest BCUT2D eigenvalue weighted by molar-refractivity contribution is 7.89. The van der Waals surface area contributed by atoms with Crippen LogP contribution < -0.4 is 10.1 Å². The predicted octanol–water partition coefficient (Wildman–Crippen LogP) is 2.22. The van der Waals surface area contributed by atoms with Gasteiger partial charge in [-0.15, -0.1) is 0 Å². The van der Waals surface area contributed by atoms with E-state index >= 15 is 0 Å². The standard InChI is InChI=1S/C15H26N2O3S/c1-6-9-16-11-13-7-8-15(14(10-13)20-5)21(18,19)17(4)12(2)3/h7-8,10,12,16H,6,9,11H2,1-5H3. The van der Waals surface area contributed by atoms with Crippen LogP contribution >= 0.6 is 0 Å². The number of benzene rings is 1. The van der Waals surface area contributed by atoms with Crippen molar-refractivity contribution in [1.82, 2.24) is 9.62 Å². The Morgan fingerprint density at radius 1 is 1.33 bits per heavy atom. The fourth-order valence-electron chi connectivity index (χ4n) is 1.88. The molecule has 5 nitrogen and oxygen atoms in total. The number of nitrogens with one attached hydrogen (secondary N) is 1. The van der Waals surface area contributed by atoms with Gasteiger partial charge >= 0.3 is 0 Å². The Kier molecular flexibility index (Phi) is 6.64. The van der Waals surface area contributed by atoms with Crippen molar-refractivity contribution in [2.45, 2.75) is 44.7 Å². The van der Waals surface area contributed by atoms with Crippen LogP contribution in [-0.2, 0) is 16.6 Å². The zero-order chi connectivity index (χ0) is 16.0. The van der Waals surface area contributed by atoms with E-state index in [4.69, 9.17) is 4.74 Å². The molecule has 1 aromatic rings. The molecule has 0 aliphatic carbocycles. The fourth-order valence-corrected chi connectivity index (χ4v) is 3.38. The quantitative estimate of drug-likeness (QED) is 0.748. The molecule has 0 atom stereocenters. The van der Waals surface area contributed by atoms with E-state index in [0.717, 1.165) is 18.5 Å². The Balaban J connectivity index is 3.09. The van der Waals surface area contributed by atoms with Crippen LogP contribution in [0.25, 0.3) is 0 Å². The van der Waals surface area contributed by atoms with Crippen molar-refractivity contribution in [2.75, 3.05) is 20.7 Å². The number of sulfonamides is 1. The van der Waals surface area contributed by atoms with Crippen LogP contribution in [0.1, 0.15) is 32.8 Å². The number of hydrogen-bond acceptors (Lipinski definition) is 4. The van der Waals surface area contributed by atoms with E-state index in [1.807, 2.05) is 19.9 Å². The average molecular weight is 314 g/mol. The van der Waals surface area contributed by atoms with Crippen LogP contribution in [0.3, 0.4) is 0 Å². The second kappa shape index (κ2) is 7.77. The third-order valence-electron chi connectivity index (χ3n) is 3.37. The molecule has 21 heavy (non-hydrogen) atoms. The highest BCUT2D eigenvalue weighted by Gasteiger charge is 2.26. The van der Waals surface area contributed by atoms with Crippen molar-refractivity contribution in [3.8, 4) is 5.75 Å². The van der Waals surface area contributed by atoms with E-state index in [9.17, 15) is 8.42 Å². The summed E-state index contributed by atoms with van der Waals surface area (Å²) in [6.07, 6.45) is 1.06. The lowest BCUT2D eigenvalue weighted by Gasteiger charge is -2.22. The summed E-state index contributed by atoms with van der Waals surface area (Å²) in [5.41, 5.74) is 1.01. The molecular weight excluding hydrogens is 288 g/mol. The number of methoxy groups -OCH3 is 1. The number of rotatable bonds is 8. The molecule has 0 aliphatic heterocycles. The first-order chi connectivity index (χ1) is 9.84. The maximum Gasteiger partial charge on any atom is 0.246 e. The molecule has 6 heteroatoms. The largest absolute Gasteiger partial charge is 0.495 e. The predicted molar refractivity (Wildman–Crippen MR) is 85.1 cm³/mol. The molecule has 1 aromatic carbocycles. The van der Waals surface area contributed by atoms with Gasteiger partial charge in [-0.05, 0) is 44.5 Å². The zero-order valence-electron chi connectivity index (χ0n) is 13.5. The highest BCUT2D eigenvalue weighted by Crippen LogP contribution is 2.28. The van der Waals surface area contributed by atoms with Gasteiger partial charge in [-0.25, -0.2) is 8.42 Å². The number of hydrogen-bond donors (Lipinski definition) is 1. The summed E-state index contributed by atoms with van der Waals surface area (Å²) in [4.78, 5) is 0.209. The van der Waals surface area contributed by atoms with Gasteiger partial charge in [-0.3, -0.25) is 0 Å². The fraction of sp³-hybridized carbons (Fsp3) is 0.600. The van der Waals surface area contributed by atoms with Gasteiger partial charge in [0.25, 0.3) is 0 Å². The van der Waals surface area contributed by atoms with Crippen molar-refractivity contribution in [2.24, 2.45) is 0 Å². The monoisotopic (exact) mass is 314 g/mol. The topological polar surface area (TPSA) is 58.6 Å². The third-order valence-corrected chi connectivity index (χ3v) is 5.44. The first kappa shape index (κ1) is 17.9. The maximum atomic E-state index is 12.6. The molecule has 0 spiro atoms. The first-order valence-electron chi connectivity index (χ1n) is 7.20. The molecule has 0 heterocycles. The Bertz CT molecular complexity index is 556. The summed E-state index contributed by atoms with van der Waals surface area (Å²) in [6.45, 7) is 7.41. The van der Waals surface area contributed by atoms with Crippen LogP contribution in [-0.4, -0.2) is 39.5 Å².